The number of amides is 2. The van der Waals surface area contributed by atoms with Crippen molar-refractivity contribution in [3.05, 3.63) is 60.2 Å². The maximum atomic E-state index is 12.6. The second-order valence-electron chi connectivity index (χ2n) is 7.74. The summed E-state index contributed by atoms with van der Waals surface area (Å²) in [6.45, 7) is 7.98. The number of nitrogens with one attached hydrogen (secondary N) is 1. The summed E-state index contributed by atoms with van der Waals surface area (Å²) in [4.78, 5) is 25.4. The second kappa shape index (κ2) is 9.04. The minimum Gasteiger partial charge on any atom is -0.334 e. The van der Waals surface area contributed by atoms with Crippen molar-refractivity contribution in [2.24, 2.45) is 0 Å². The number of hydrogen-bond donors (Lipinski definition) is 1. The van der Waals surface area contributed by atoms with Crippen LogP contribution in [0.5, 0.6) is 0 Å². The maximum Gasteiger partial charge on any atom is 0.321 e. The van der Waals surface area contributed by atoms with Crippen LogP contribution in [0.2, 0.25) is 0 Å². The van der Waals surface area contributed by atoms with Gasteiger partial charge in [0.15, 0.2) is 5.82 Å². The zero-order valence-corrected chi connectivity index (χ0v) is 17.3. The van der Waals surface area contributed by atoms with E-state index in [1.807, 2.05) is 55.3 Å². The fourth-order valence-corrected chi connectivity index (χ4v) is 3.34. The first-order valence-electron chi connectivity index (χ1n) is 10.2. The average molecular weight is 406 g/mol. The minimum absolute atomic E-state index is 0.0799. The molecule has 0 radical (unpaired) electrons. The molecule has 0 saturated carbocycles. The number of carbonyl (C=O) groups is 1. The van der Waals surface area contributed by atoms with Crippen molar-refractivity contribution < 1.29 is 9.32 Å². The molecule has 1 fully saturated rings. The van der Waals surface area contributed by atoms with E-state index in [0.29, 0.717) is 24.8 Å². The average Bonchev–Trinajstić information content (AvgIpc) is 3.26. The number of carbonyl (C=O) groups excluding carboxylic acids is 1. The summed E-state index contributed by atoms with van der Waals surface area (Å²) >= 11 is 0. The molecule has 1 aliphatic rings. The molecule has 0 spiro atoms. The number of anilines is 1. The lowest BCUT2D eigenvalue weighted by molar-refractivity contribution is 0.143. The van der Waals surface area contributed by atoms with Gasteiger partial charge in [0.1, 0.15) is 0 Å². The number of piperazine rings is 1. The highest BCUT2D eigenvalue weighted by molar-refractivity contribution is 5.89. The summed E-state index contributed by atoms with van der Waals surface area (Å²) in [6.07, 6.45) is 3.67. The Hall–Kier alpha value is -3.26. The van der Waals surface area contributed by atoms with Crippen molar-refractivity contribution in [3.63, 3.8) is 0 Å². The Bertz CT molecular complexity index is 963. The monoisotopic (exact) mass is 406 g/mol. The summed E-state index contributed by atoms with van der Waals surface area (Å²) in [7, 11) is 0. The van der Waals surface area contributed by atoms with Gasteiger partial charge in [-0.15, -0.1) is 0 Å². The largest absolute Gasteiger partial charge is 0.334 e. The fraction of sp³-hybridized carbons (Fsp3) is 0.364. The van der Waals surface area contributed by atoms with E-state index in [1.54, 1.807) is 6.20 Å². The molecule has 3 aromatic rings. The molecule has 1 N–H and O–H groups in total. The molecule has 4 rings (SSSR count). The quantitative estimate of drug-likeness (QED) is 0.697. The molecule has 0 atom stereocenters. The van der Waals surface area contributed by atoms with E-state index in [0.717, 1.165) is 30.9 Å². The van der Waals surface area contributed by atoms with E-state index in [9.17, 15) is 4.79 Å². The Morgan fingerprint density at radius 2 is 1.90 bits per heavy atom. The van der Waals surface area contributed by atoms with Crippen LogP contribution in [0, 0.1) is 0 Å². The third kappa shape index (κ3) is 4.83. The number of pyridine rings is 1. The van der Waals surface area contributed by atoms with E-state index in [-0.39, 0.29) is 11.9 Å². The zero-order valence-electron chi connectivity index (χ0n) is 17.3. The van der Waals surface area contributed by atoms with E-state index in [2.05, 4.69) is 31.4 Å². The lowest BCUT2D eigenvalue weighted by Gasteiger charge is -2.34. The predicted molar refractivity (Wildman–Crippen MR) is 114 cm³/mol. The van der Waals surface area contributed by atoms with Crippen LogP contribution >= 0.6 is 0 Å². The van der Waals surface area contributed by atoms with Gasteiger partial charge in [-0.1, -0.05) is 25.1 Å². The van der Waals surface area contributed by atoms with Gasteiger partial charge in [0, 0.05) is 62.3 Å². The van der Waals surface area contributed by atoms with Crippen molar-refractivity contribution in [1.29, 1.82) is 0 Å². The number of rotatable bonds is 5. The summed E-state index contributed by atoms with van der Waals surface area (Å²) in [6, 6.07) is 11.4. The van der Waals surface area contributed by atoms with Gasteiger partial charge in [-0.3, -0.25) is 9.88 Å². The SMILES string of the molecule is CC(C)c1noc(-c2ccc(NC(=O)N3CCN(Cc4cccnc4)CC3)cc2)n1. The van der Waals surface area contributed by atoms with Crippen LogP contribution in [0.15, 0.2) is 53.3 Å². The standard InChI is InChI=1S/C22H26N6O2/c1-16(2)20-25-21(30-26-20)18-5-7-19(8-6-18)24-22(29)28-12-10-27(11-13-28)15-17-4-3-9-23-14-17/h3-9,14,16H,10-13,15H2,1-2H3,(H,24,29). The first kappa shape index (κ1) is 20.0. The van der Waals surface area contributed by atoms with Crippen LogP contribution in [0.4, 0.5) is 10.5 Å². The summed E-state index contributed by atoms with van der Waals surface area (Å²) in [5.41, 5.74) is 2.76. The molecule has 3 heterocycles. The molecule has 0 unspecified atom stereocenters. The molecule has 2 aromatic heterocycles. The highest BCUT2D eigenvalue weighted by Crippen LogP contribution is 2.22. The second-order valence-corrected chi connectivity index (χ2v) is 7.74. The van der Waals surface area contributed by atoms with E-state index in [4.69, 9.17) is 4.52 Å². The summed E-state index contributed by atoms with van der Waals surface area (Å²) in [5.74, 6) is 1.39. The van der Waals surface area contributed by atoms with Crippen LogP contribution in [-0.4, -0.2) is 57.1 Å². The Labute approximate surface area is 175 Å². The number of benzene rings is 1. The third-order valence-electron chi connectivity index (χ3n) is 5.13. The van der Waals surface area contributed by atoms with Crippen LogP contribution in [-0.2, 0) is 6.54 Å². The lowest BCUT2D eigenvalue weighted by Crippen LogP contribution is -2.49. The molecular formula is C22H26N6O2. The minimum atomic E-state index is -0.0799. The van der Waals surface area contributed by atoms with E-state index >= 15 is 0 Å². The Morgan fingerprint density at radius 1 is 1.13 bits per heavy atom. The van der Waals surface area contributed by atoms with E-state index in [1.165, 1.54) is 5.56 Å². The topological polar surface area (TPSA) is 87.4 Å². The zero-order chi connectivity index (χ0) is 20.9. The van der Waals surface area contributed by atoms with Gasteiger partial charge in [0.25, 0.3) is 5.89 Å². The van der Waals surface area contributed by atoms with Gasteiger partial charge < -0.3 is 14.7 Å². The van der Waals surface area contributed by atoms with Crippen LogP contribution in [0.25, 0.3) is 11.5 Å². The molecule has 1 saturated heterocycles. The van der Waals surface area contributed by atoms with Crippen LogP contribution < -0.4 is 5.32 Å². The molecular weight excluding hydrogens is 380 g/mol. The number of aromatic nitrogens is 3. The van der Waals surface area contributed by atoms with Gasteiger partial charge in [-0.05, 0) is 35.9 Å². The molecule has 30 heavy (non-hydrogen) atoms. The molecule has 8 heteroatoms. The van der Waals surface area contributed by atoms with Crippen molar-refractivity contribution in [3.8, 4) is 11.5 Å². The van der Waals surface area contributed by atoms with Crippen LogP contribution in [0.1, 0.15) is 31.2 Å². The first-order valence-corrected chi connectivity index (χ1v) is 10.2. The smallest absolute Gasteiger partial charge is 0.321 e. The molecule has 8 nitrogen and oxygen atoms in total. The number of urea groups is 1. The van der Waals surface area contributed by atoms with Gasteiger partial charge in [-0.25, -0.2) is 4.79 Å². The Kier molecular flexibility index (Phi) is 6.04. The Balaban J connectivity index is 1.29. The van der Waals surface area contributed by atoms with Crippen molar-refractivity contribution in [1.82, 2.24) is 24.9 Å². The fourth-order valence-electron chi connectivity index (χ4n) is 3.34. The van der Waals surface area contributed by atoms with Gasteiger partial charge in [0.2, 0.25) is 0 Å². The molecule has 0 bridgehead atoms. The van der Waals surface area contributed by atoms with E-state index < -0.39 is 0 Å². The lowest BCUT2D eigenvalue weighted by atomic mass is 10.2. The predicted octanol–water partition coefficient (Wildman–Crippen LogP) is 3.60. The normalized spacial score (nSPS) is 14.8. The molecule has 1 aliphatic heterocycles. The molecule has 0 aliphatic carbocycles. The van der Waals surface area contributed by atoms with Crippen molar-refractivity contribution in [2.75, 3.05) is 31.5 Å². The summed E-state index contributed by atoms with van der Waals surface area (Å²) < 4.78 is 5.32. The van der Waals surface area contributed by atoms with Crippen LogP contribution in [0.3, 0.4) is 0 Å². The number of nitrogens with zero attached hydrogens (tertiary/aromatic N) is 5. The van der Waals surface area contributed by atoms with Crippen molar-refractivity contribution >= 4 is 11.7 Å². The Morgan fingerprint density at radius 3 is 2.53 bits per heavy atom. The first-order chi connectivity index (χ1) is 14.6. The van der Waals surface area contributed by atoms with Crippen molar-refractivity contribution in [2.45, 2.75) is 26.3 Å². The third-order valence-corrected chi connectivity index (χ3v) is 5.13. The molecule has 156 valence electrons. The van der Waals surface area contributed by atoms with Gasteiger partial charge in [0.05, 0.1) is 0 Å². The summed E-state index contributed by atoms with van der Waals surface area (Å²) in [5, 5.41) is 6.96. The molecule has 1 aromatic carbocycles. The maximum absolute atomic E-state index is 12.6. The highest BCUT2D eigenvalue weighted by Gasteiger charge is 2.21. The van der Waals surface area contributed by atoms with Gasteiger partial charge in [-0.2, -0.15) is 4.98 Å². The number of hydrogen-bond acceptors (Lipinski definition) is 6. The highest BCUT2D eigenvalue weighted by atomic mass is 16.5. The molecule has 2 amide bonds. The van der Waals surface area contributed by atoms with Gasteiger partial charge >= 0.3 is 6.03 Å².